The van der Waals surface area contributed by atoms with E-state index in [1.807, 2.05) is 6.92 Å². The van der Waals surface area contributed by atoms with Crippen molar-refractivity contribution in [2.45, 2.75) is 59.0 Å². The fraction of sp³-hybridized carbons (Fsp3) is 0.857. The maximum absolute atomic E-state index is 10.0. The van der Waals surface area contributed by atoms with Crippen LogP contribution in [0.2, 0.25) is 0 Å². The molecule has 0 aromatic carbocycles. The third kappa shape index (κ3) is 3.98. The maximum Gasteiger partial charge on any atom is 0.0605 e. The summed E-state index contributed by atoms with van der Waals surface area (Å²) in [5.41, 5.74) is 1.11. The Balaban J connectivity index is 2.33. The molecule has 1 unspecified atom stereocenters. The lowest BCUT2D eigenvalue weighted by molar-refractivity contribution is 0.0676. The standard InChI is InChI=1S/C14H26O/c1-10(2)9-14(15)13-7-5-12(6-8-13)11(3)4/h11-15H,1,5-9H2,2-4H3. The van der Waals surface area contributed by atoms with Crippen LogP contribution in [0.1, 0.15) is 52.9 Å². The van der Waals surface area contributed by atoms with Gasteiger partial charge in [0.05, 0.1) is 6.10 Å². The molecule has 1 aliphatic carbocycles. The Labute approximate surface area is 94.6 Å². The van der Waals surface area contributed by atoms with E-state index in [4.69, 9.17) is 0 Å². The van der Waals surface area contributed by atoms with Gasteiger partial charge in [-0.15, -0.1) is 6.58 Å². The van der Waals surface area contributed by atoms with E-state index in [1.54, 1.807) is 0 Å². The zero-order chi connectivity index (χ0) is 11.4. The fourth-order valence-electron chi connectivity index (χ4n) is 2.72. The maximum atomic E-state index is 10.0. The van der Waals surface area contributed by atoms with Crippen LogP contribution in [0.25, 0.3) is 0 Å². The third-order valence-electron chi connectivity index (χ3n) is 3.86. The lowest BCUT2D eigenvalue weighted by Gasteiger charge is -2.33. The number of rotatable bonds is 4. The monoisotopic (exact) mass is 210 g/mol. The Morgan fingerprint density at radius 2 is 1.67 bits per heavy atom. The lowest BCUT2D eigenvalue weighted by Crippen LogP contribution is -2.27. The van der Waals surface area contributed by atoms with Gasteiger partial charge in [-0.05, 0) is 56.8 Å². The fourth-order valence-corrected chi connectivity index (χ4v) is 2.72. The molecule has 0 bridgehead atoms. The highest BCUT2D eigenvalue weighted by atomic mass is 16.3. The quantitative estimate of drug-likeness (QED) is 0.700. The van der Waals surface area contributed by atoms with Crippen LogP contribution in [-0.4, -0.2) is 11.2 Å². The van der Waals surface area contributed by atoms with Crippen LogP contribution in [0.3, 0.4) is 0 Å². The van der Waals surface area contributed by atoms with Crippen LogP contribution in [0.4, 0.5) is 0 Å². The molecule has 0 saturated heterocycles. The van der Waals surface area contributed by atoms with E-state index in [1.165, 1.54) is 25.7 Å². The molecule has 1 nitrogen and oxygen atoms in total. The zero-order valence-corrected chi connectivity index (χ0v) is 10.5. The second-order valence-corrected chi connectivity index (χ2v) is 5.65. The highest BCUT2D eigenvalue weighted by molar-refractivity contribution is 4.93. The molecule has 0 spiro atoms. The number of aliphatic hydroxyl groups excluding tert-OH is 1. The first-order valence-corrected chi connectivity index (χ1v) is 6.33. The van der Waals surface area contributed by atoms with E-state index in [0.29, 0.717) is 5.92 Å². The van der Waals surface area contributed by atoms with Crippen molar-refractivity contribution >= 4 is 0 Å². The molecule has 0 aromatic rings. The molecule has 1 atom stereocenters. The lowest BCUT2D eigenvalue weighted by atomic mass is 9.74. The molecule has 1 saturated carbocycles. The van der Waals surface area contributed by atoms with E-state index < -0.39 is 0 Å². The van der Waals surface area contributed by atoms with Crippen molar-refractivity contribution in [3.63, 3.8) is 0 Å². The summed E-state index contributed by atoms with van der Waals surface area (Å²) in [5, 5.41) is 10.0. The van der Waals surface area contributed by atoms with Crippen LogP contribution in [0, 0.1) is 17.8 Å². The molecular formula is C14H26O. The van der Waals surface area contributed by atoms with Crippen molar-refractivity contribution in [3.8, 4) is 0 Å². The average Bonchev–Trinajstić information content (AvgIpc) is 2.17. The molecule has 0 aromatic heterocycles. The van der Waals surface area contributed by atoms with E-state index in [-0.39, 0.29) is 6.10 Å². The molecule has 0 heterocycles. The largest absolute Gasteiger partial charge is 0.393 e. The van der Waals surface area contributed by atoms with Gasteiger partial charge in [0, 0.05) is 0 Å². The van der Waals surface area contributed by atoms with Crippen molar-refractivity contribution in [3.05, 3.63) is 12.2 Å². The molecule has 0 radical (unpaired) electrons. The molecule has 1 N–H and O–H groups in total. The van der Waals surface area contributed by atoms with Gasteiger partial charge in [0.25, 0.3) is 0 Å². The van der Waals surface area contributed by atoms with Crippen LogP contribution in [0.15, 0.2) is 12.2 Å². The summed E-state index contributed by atoms with van der Waals surface area (Å²) in [7, 11) is 0. The van der Waals surface area contributed by atoms with E-state index in [9.17, 15) is 5.11 Å². The molecule has 0 amide bonds. The smallest absolute Gasteiger partial charge is 0.0605 e. The van der Waals surface area contributed by atoms with Crippen LogP contribution in [-0.2, 0) is 0 Å². The van der Waals surface area contributed by atoms with Gasteiger partial charge in [-0.2, -0.15) is 0 Å². The van der Waals surface area contributed by atoms with E-state index >= 15 is 0 Å². The van der Waals surface area contributed by atoms with Gasteiger partial charge in [-0.25, -0.2) is 0 Å². The minimum atomic E-state index is -0.143. The minimum Gasteiger partial charge on any atom is -0.393 e. The van der Waals surface area contributed by atoms with Crippen molar-refractivity contribution in [1.29, 1.82) is 0 Å². The molecule has 15 heavy (non-hydrogen) atoms. The normalized spacial score (nSPS) is 29.1. The van der Waals surface area contributed by atoms with Crippen LogP contribution >= 0.6 is 0 Å². The molecule has 1 aliphatic rings. The van der Waals surface area contributed by atoms with Gasteiger partial charge in [-0.3, -0.25) is 0 Å². The summed E-state index contributed by atoms with van der Waals surface area (Å²) in [6, 6.07) is 0. The Kier molecular flexibility index (Phi) is 4.85. The summed E-state index contributed by atoms with van der Waals surface area (Å²) in [4.78, 5) is 0. The Morgan fingerprint density at radius 3 is 2.07 bits per heavy atom. The Bertz CT molecular complexity index is 199. The minimum absolute atomic E-state index is 0.143. The summed E-state index contributed by atoms with van der Waals surface area (Å²) >= 11 is 0. The van der Waals surface area contributed by atoms with Gasteiger partial charge in [0.15, 0.2) is 0 Å². The predicted molar refractivity (Wildman–Crippen MR) is 65.7 cm³/mol. The number of aliphatic hydroxyl groups is 1. The van der Waals surface area contributed by atoms with Gasteiger partial charge < -0.3 is 5.11 Å². The van der Waals surface area contributed by atoms with Crippen molar-refractivity contribution in [1.82, 2.24) is 0 Å². The molecule has 1 rings (SSSR count). The van der Waals surface area contributed by atoms with Gasteiger partial charge in [-0.1, -0.05) is 19.4 Å². The first-order valence-electron chi connectivity index (χ1n) is 6.33. The summed E-state index contributed by atoms with van der Waals surface area (Å²) in [6.45, 7) is 10.5. The Morgan fingerprint density at radius 1 is 1.20 bits per heavy atom. The molecule has 88 valence electrons. The topological polar surface area (TPSA) is 20.2 Å². The predicted octanol–water partition coefficient (Wildman–Crippen LogP) is 3.78. The molecule has 1 fully saturated rings. The summed E-state index contributed by atoms with van der Waals surface area (Å²) in [5.74, 6) is 2.22. The highest BCUT2D eigenvalue weighted by Gasteiger charge is 2.27. The zero-order valence-electron chi connectivity index (χ0n) is 10.5. The Hall–Kier alpha value is -0.300. The highest BCUT2D eigenvalue weighted by Crippen LogP contribution is 2.35. The second kappa shape index (κ2) is 5.69. The van der Waals surface area contributed by atoms with Gasteiger partial charge in [0.2, 0.25) is 0 Å². The first kappa shape index (κ1) is 12.8. The van der Waals surface area contributed by atoms with E-state index in [2.05, 4.69) is 20.4 Å². The first-order chi connectivity index (χ1) is 7.00. The number of hydrogen-bond donors (Lipinski definition) is 1. The SMILES string of the molecule is C=C(C)CC(O)C1CCC(C(C)C)CC1. The van der Waals surface area contributed by atoms with E-state index in [0.717, 1.165) is 23.8 Å². The second-order valence-electron chi connectivity index (χ2n) is 5.65. The van der Waals surface area contributed by atoms with Crippen LogP contribution in [0.5, 0.6) is 0 Å². The summed E-state index contributed by atoms with van der Waals surface area (Å²) < 4.78 is 0. The third-order valence-corrected chi connectivity index (χ3v) is 3.86. The molecule has 0 aliphatic heterocycles. The average molecular weight is 210 g/mol. The van der Waals surface area contributed by atoms with Crippen molar-refractivity contribution < 1.29 is 5.11 Å². The molecular weight excluding hydrogens is 184 g/mol. The number of hydrogen-bond acceptors (Lipinski definition) is 1. The van der Waals surface area contributed by atoms with Gasteiger partial charge >= 0.3 is 0 Å². The summed E-state index contributed by atoms with van der Waals surface area (Å²) in [6.07, 6.45) is 5.66. The van der Waals surface area contributed by atoms with Crippen molar-refractivity contribution in [2.75, 3.05) is 0 Å². The van der Waals surface area contributed by atoms with Gasteiger partial charge in [0.1, 0.15) is 0 Å². The van der Waals surface area contributed by atoms with Crippen molar-refractivity contribution in [2.24, 2.45) is 17.8 Å². The van der Waals surface area contributed by atoms with Crippen LogP contribution < -0.4 is 0 Å². The molecule has 1 heteroatoms.